The minimum Gasteiger partial charge on any atom is -0.459 e. The van der Waals surface area contributed by atoms with Crippen LogP contribution in [-0.2, 0) is 19.1 Å². The number of carbonyl (C=O) groups is 2. The van der Waals surface area contributed by atoms with Crippen molar-refractivity contribution < 1.29 is 19.1 Å². The molecule has 0 aromatic rings. The minimum atomic E-state index is -0.326. The van der Waals surface area contributed by atoms with Gasteiger partial charge in [0.2, 0.25) is 0 Å². The Balaban J connectivity index is 2.72. The monoisotopic (exact) mass is 240 g/mol. The molecule has 1 aliphatic carbocycles. The van der Waals surface area contributed by atoms with Crippen LogP contribution in [0.1, 0.15) is 46.5 Å². The van der Waals surface area contributed by atoms with E-state index in [4.69, 9.17) is 9.47 Å². The van der Waals surface area contributed by atoms with Gasteiger partial charge in [0.05, 0.1) is 0 Å². The summed E-state index contributed by atoms with van der Waals surface area (Å²) in [5, 5.41) is 0. The zero-order valence-corrected chi connectivity index (χ0v) is 10.7. The molecule has 4 heteroatoms. The fourth-order valence-corrected chi connectivity index (χ4v) is 2.03. The first-order valence-electron chi connectivity index (χ1n) is 5.99. The molecule has 0 bridgehead atoms. The third-order valence-corrected chi connectivity index (χ3v) is 2.82. The number of rotatable bonds is 2. The fourth-order valence-electron chi connectivity index (χ4n) is 2.03. The van der Waals surface area contributed by atoms with Gasteiger partial charge in [0, 0.05) is 13.8 Å². The maximum Gasteiger partial charge on any atom is 0.303 e. The van der Waals surface area contributed by atoms with E-state index in [2.05, 4.69) is 13.0 Å². The summed E-state index contributed by atoms with van der Waals surface area (Å²) < 4.78 is 10.5. The van der Waals surface area contributed by atoms with Crippen LogP contribution in [0.4, 0.5) is 0 Å². The van der Waals surface area contributed by atoms with Crippen molar-refractivity contribution in [2.45, 2.75) is 58.7 Å². The average Bonchev–Trinajstić information content (AvgIpc) is 2.20. The normalized spacial score (nSPS) is 28.3. The Morgan fingerprint density at radius 2 is 1.65 bits per heavy atom. The molecular weight excluding hydrogens is 220 g/mol. The maximum absolute atomic E-state index is 11.0. The lowest BCUT2D eigenvalue weighted by Gasteiger charge is -2.27. The minimum absolute atomic E-state index is 0.319. The highest BCUT2D eigenvalue weighted by atomic mass is 16.6. The molecule has 0 aromatic carbocycles. The van der Waals surface area contributed by atoms with Crippen molar-refractivity contribution in [3.63, 3.8) is 0 Å². The van der Waals surface area contributed by atoms with Crippen LogP contribution in [0.5, 0.6) is 0 Å². The molecule has 0 saturated carbocycles. The van der Waals surface area contributed by atoms with Gasteiger partial charge in [-0.1, -0.05) is 11.6 Å². The molecule has 2 atom stereocenters. The summed E-state index contributed by atoms with van der Waals surface area (Å²) in [6.45, 7) is 4.83. The van der Waals surface area contributed by atoms with Crippen LogP contribution in [0.3, 0.4) is 0 Å². The van der Waals surface area contributed by atoms with Gasteiger partial charge in [-0.25, -0.2) is 0 Å². The number of ether oxygens (including phenoxy) is 2. The summed E-state index contributed by atoms with van der Waals surface area (Å²) >= 11 is 0. The number of allylic oxidation sites excluding steroid dienone is 2. The van der Waals surface area contributed by atoms with Gasteiger partial charge in [0.15, 0.2) is 0 Å². The van der Waals surface area contributed by atoms with Crippen molar-refractivity contribution in [2.75, 3.05) is 0 Å². The fraction of sp³-hybridized carbons (Fsp3) is 0.692. The van der Waals surface area contributed by atoms with E-state index in [1.54, 1.807) is 0 Å². The molecule has 0 N–H and O–H groups in total. The van der Waals surface area contributed by atoms with E-state index in [0.717, 1.165) is 12.8 Å². The predicted molar refractivity (Wildman–Crippen MR) is 63.3 cm³/mol. The Kier molecular flexibility index (Phi) is 5.19. The lowest BCUT2D eigenvalue weighted by atomic mass is 9.96. The van der Waals surface area contributed by atoms with Gasteiger partial charge in [-0.15, -0.1) is 0 Å². The van der Waals surface area contributed by atoms with E-state index < -0.39 is 0 Å². The summed E-state index contributed by atoms with van der Waals surface area (Å²) in [4.78, 5) is 22.1. The molecule has 96 valence electrons. The molecular formula is C13H20O4. The number of hydrogen-bond acceptors (Lipinski definition) is 4. The van der Waals surface area contributed by atoms with Crippen LogP contribution in [0, 0.1) is 0 Å². The van der Waals surface area contributed by atoms with Crippen molar-refractivity contribution in [1.29, 1.82) is 0 Å². The maximum atomic E-state index is 11.0. The Labute approximate surface area is 102 Å². The zero-order valence-electron chi connectivity index (χ0n) is 10.7. The van der Waals surface area contributed by atoms with Crippen LogP contribution in [0.2, 0.25) is 0 Å². The molecule has 0 saturated heterocycles. The number of carbonyl (C=O) groups excluding carboxylic acids is 2. The molecule has 17 heavy (non-hydrogen) atoms. The first-order chi connectivity index (χ1) is 7.99. The lowest BCUT2D eigenvalue weighted by Crippen LogP contribution is -2.35. The molecule has 0 aromatic heterocycles. The number of esters is 2. The molecule has 2 unspecified atom stereocenters. The van der Waals surface area contributed by atoms with E-state index in [9.17, 15) is 9.59 Å². The molecule has 4 nitrogen and oxygen atoms in total. The Morgan fingerprint density at radius 1 is 1.12 bits per heavy atom. The van der Waals surface area contributed by atoms with Gasteiger partial charge in [-0.3, -0.25) is 9.59 Å². The first kappa shape index (κ1) is 13.7. The third kappa shape index (κ3) is 5.02. The predicted octanol–water partition coefficient (Wildman–Crippen LogP) is 2.37. The molecule has 0 radical (unpaired) electrons. The Hall–Kier alpha value is -1.32. The van der Waals surface area contributed by atoms with Crippen molar-refractivity contribution in [2.24, 2.45) is 0 Å². The first-order valence-corrected chi connectivity index (χ1v) is 5.99. The summed E-state index contributed by atoms with van der Waals surface area (Å²) in [6, 6.07) is 0. The zero-order chi connectivity index (χ0) is 12.8. The van der Waals surface area contributed by atoms with Gasteiger partial charge in [-0.2, -0.15) is 0 Å². The summed E-state index contributed by atoms with van der Waals surface area (Å²) in [7, 11) is 0. The van der Waals surface area contributed by atoms with Gasteiger partial charge in [0.25, 0.3) is 0 Å². The van der Waals surface area contributed by atoms with Crippen molar-refractivity contribution in [1.82, 2.24) is 0 Å². The van der Waals surface area contributed by atoms with E-state index in [1.807, 2.05) is 0 Å². The van der Waals surface area contributed by atoms with E-state index in [1.165, 1.54) is 19.4 Å². The highest BCUT2D eigenvalue weighted by Crippen LogP contribution is 2.22. The topological polar surface area (TPSA) is 52.6 Å². The second-order valence-electron chi connectivity index (χ2n) is 4.46. The van der Waals surface area contributed by atoms with Crippen LogP contribution in [-0.4, -0.2) is 24.1 Å². The summed E-state index contributed by atoms with van der Waals surface area (Å²) in [6.07, 6.45) is 4.65. The van der Waals surface area contributed by atoms with E-state index >= 15 is 0 Å². The van der Waals surface area contributed by atoms with Crippen molar-refractivity contribution in [3.8, 4) is 0 Å². The Bertz CT molecular complexity index is 319. The molecule has 1 aliphatic rings. The largest absolute Gasteiger partial charge is 0.459 e. The quantitative estimate of drug-likeness (QED) is 0.549. The van der Waals surface area contributed by atoms with Gasteiger partial charge < -0.3 is 9.47 Å². The average molecular weight is 240 g/mol. The Morgan fingerprint density at radius 3 is 2.18 bits per heavy atom. The van der Waals surface area contributed by atoms with Crippen molar-refractivity contribution in [3.05, 3.63) is 11.6 Å². The van der Waals surface area contributed by atoms with Gasteiger partial charge >= 0.3 is 11.9 Å². The van der Waals surface area contributed by atoms with E-state index in [0.29, 0.717) is 12.8 Å². The third-order valence-electron chi connectivity index (χ3n) is 2.82. The summed E-state index contributed by atoms with van der Waals surface area (Å²) in [5.41, 5.74) is 1.29. The molecule has 0 spiro atoms. The standard InChI is InChI=1S/C13H20O4/c1-9-5-4-6-12(16-10(2)14)13(8-7-9)17-11(3)15/h5,12-13H,4,6-8H2,1-3H3/b9-5-. The molecule has 0 heterocycles. The highest BCUT2D eigenvalue weighted by Gasteiger charge is 2.27. The van der Waals surface area contributed by atoms with Crippen molar-refractivity contribution >= 4 is 11.9 Å². The van der Waals surface area contributed by atoms with Gasteiger partial charge in [0.1, 0.15) is 12.2 Å². The number of hydrogen-bond donors (Lipinski definition) is 0. The van der Waals surface area contributed by atoms with Crippen LogP contribution in [0.15, 0.2) is 11.6 Å². The molecule has 0 fully saturated rings. The lowest BCUT2D eigenvalue weighted by molar-refractivity contribution is -0.166. The SMILES string of the molecule is CC(=O)OC1CC/C=C(/C)CCC1OC(C)=O. The highest BCUT2D eigenvalue weighted by molar-refractivity contribution is 5.67. The van der Waals surface area contributed by atoms with Gasteiger partial charge in [-0.05, 0) is 32.6 Å². The molecule has 1 rings (SSSR count). The second kappa shape index (κ2) is 6.42. The van der Waals surface area contributed by atoms with E-state index in [-0.39, 0.29) is 24.1 Å². The molecule has 0 aliphatic heterocycles. The van der Waals surface area contributed by atoms with Crippen LogP contribution in [0.25, 0.3) is 0 Å². The van der Waals surface area contributed by atoms with Crippen LogP contribution < -0.4 is 0 Å². The smallest absolute Gasteiger partial charge is 0.303 e. The van der Waals surface area contributed by atoms with Crippen LogP contribution >= 0.6 is 0 Å². The second-order valence-corrected chi connectivity index (χ2v) is 4.46. The molecule has 0 amide bonds. The summed E-state index contributed by atoms with van der Waals surface area (Å²) in [5.74, 6) is -0.650.